The number of benzene rings is 2. The summed E-state index contributed by atoms with van der Waals surface area (Å²) < 4.78 is 5.28. The number of ether oxygens (including phenoxy) is 1. The molecule has 0 saturated heterocycles. The molecule has 23 heavy (non-hydrogen) atoms. The first-order valence-electron chi connectivity index (χ1n) is 7.07. The van der Waals surface area contributed by atoms with Crippen molar-refractivity contribution in [3.8, 4) is 5.75 Å². The van der Waals surface area contributed by atoms with Gasteiger partial charge in [-0.15, -0.1) is 0 Å². The lowest BCUT2D eigenvalue weighted by Gasteiger charge is -2.19. The van der Waals surface area contributed by atoms with Crippen LogP contribution < -0.4 is 4.74 Å². The second-order valence-corrected chi connectivity index (χ2v) is 5.18. The van der Waals surface area contributed by atoms with Crippen molar-refractivity contribution in [1.82, 2.24) is 4.90 Å². The minimum atomic E-state index is -0.480. The molecule has 6 nitrogen and oxygen atoms in total. The summed E-state index contributed by atoms with van der Waals surface area (Å²) in [5.74, 6) is 0.431. The van der Waals surface area contributed by atoms with Gasteiger partial charge in [-0.05, 0) is 19.1 Å². The Balaban J connectivity index is 2.27. The van der Waals surface area contributed by atoms with Crippen LogP contribution in [0, 0.1) is 17.0 Å². The Labute approximate surface area is 134 Å². The van der Waals surface area contributed by atoms with Gasteiger partial charge in [-0.1, -0.05) is 24.3 Å². The fraction of sp³-hybridized carbons (Fsp3) is 0.235. The van der Waals surface area contributed by atoms with E-state index in [2.05, 4.69) is 0 Å². The summed E-state index contributed by atoms with van der Waals surface area (Å²) in [4.78, 5) is 24.6. The van der Waals surface area contributed by atoms with Crippen LogP contribution in [0.4, 0.5) is 5.69 Å². The molecular weight excluding hydrogens is 296 g/mol. The normalized spacial score (nSPS) is 10.2. The smallest absolute Gasteiger partial charge is 0.273 e. The Morgan fingerprint density at radius 1 is 1.22 bits per heavy atom. The van der Waals surface area contributed by atoms with Gasteiger partial charge in [0, 0.05) is 36.3 Å². The fourth-order valence-corrected chi connectivity index (χ4v) is 2.42. The van der Waals surface area contributed by atoms with Crippen molar-refractivity contribution in [3.05, 3.63) is 69.3 Å². The van der Waals surface area contributed by atoms with E-state index in [-0.39, 0.29) is 11.6 Å². The standard InChI is InChI=1S/C17H18N2O4/c1-12-14(8-6-9-15(12)19(21)22)17(20)18(2)11-13-7-4-5-10-16(13)23-3/h4-10H,11H2,1-3H3. The average molecular weight is 314 g/mol. The number of methoxy groups -OCH3 is 1. The van der Waals surface area contributed by atoms with Gasteiger partial charge in [-0.25, -0.2) is 0 Å². The van der Waals surface area contributed by atoms with Gasteiger partial charge in [-0.2, -0.15) is 0 Å². The van der Waals surface area contributed by atoms with E-state index in [9.17, 15) is 14.9 Å². The molecule has 0 aliphatic heterocycles. The van der Waals surface area contributed by atoms with E-state index in [1.165, 1.54) is 17.0 Å². The van der Waals surface area contributed by atoms with E-state index in [4.69, 9.17) is 4.74 Å². The number of nitro benzene ring substituents is 1. The molecule has 0 bridgehead atoms. The largest absolute Gasteiger partial charge is 0.496 e. The first kappa shape index (κ1) is 16.5. The number of nitro groups is 1. The van der Waals surface area contributed by atoms with E-state index < -0.39 is 4.92 Å². The predicted octanol–water partition coefficient (Wildman–Crippen LogP) is 3.18. The molecule has 2 aromatic carbocycles. The van der Waals surface area contributed by atoms with E-state index in [1.807, 2.05) is 24.3 Å². The summed E-state index contributed by atoms with van der Waals surface area (Å²) in [6.45, 7) is 1.94. The lowest BCUT2D eigenvalue weighted by atomic mass is 10.1. The van der Waals surface area contributed by atoms with E-state index in [0.29, 0.717) is 23.4 Å². The molecule has 0 aliphatic carbocycles. The maximum Gasteiger partial charge on any atom is 0.273 e. The highest BCUT2D eigenvalue weighted by atomic mass is 16.6. The molecule has 0 aromatic heterocycles. The zero-order valence-corrected chi connectivity index (χ0v) is 13.3. The second kappa shape index (κ2) is 6.91. The number of carbonyl (C=O) groups is 1. The van der Waals surface area contributed by atoms with Crippen molar-refractivity contribution in [2.45, 2.75) is 13.5 Å². The van der Waals surface area contributed by atoms with Crippen LogP contribution in [0.2, 0.25) is 0 Å². The van der Waals surface area contributed by atoms with Gasteiger partial charge in [0.05, 0.1) is 12.0 Å². The lowest BCUT2D eigenvalue weighted by molar-refractivity contribution is -0.385. The number of carbonyl (C=O) groups excluding carboxylic acids is 1. The summed E-state index contributed by atoms with van der Waals surface area (Å²) in [6, 6.07) is 11.9. The number of hydrogen-bond acceptors (Lipinski definition) is 4. The van der Waals surface area contributed by atoms with Crippen molar-refractivity contribution >= 4 is 11.6 Å². The highest BCUT2D eigenvalue weighted by molar-refractivity contribution is 5.96. The van der Waals surface area contributed by atoms with Crippen molar-refractivity contribution < 1.29 is 14.5 Å². The maximum absolute atomic E-state index is 12.6. The summed E-state index contributed by atoms with van der Waals surface area (Å²) in [7, 11) is 3.23. The predicted molar refractivity (Wildman–Crippen MR) is 86.6 cm³/mol. The van der Waals surface area contributed by atoms with Crippen molar-refractivity contribution in [3.63, 3.8) is 0 Å². The van der Waals surface area contributed by atoms with Crippen molar-refractivity contribution in [2.24, 2.45) is 0 Å². The third kappa shape index (κ3) is 3.48. The number of amides is 1. The first-order chi connectivity index (χ1) is 11.0. The molecule has 0 unspecified atom stereocenters. The highest BCUT2D eigenvalue weighted by Gasteiger charge is 2.21. The first-order valence-corrected chi connectivity index (χ1v) is 7.07. The zero-order chi connectivity index (χ0) is 17.0. The number of nitrogens with zero attached hydrogens (tertiary/aromatic N) is 2. The maximum atomic E-state index is 12.6. The molecular formula is C17H18N2O4. The van der Waals surface area contributed by atoms with Crippen LogP contribution >= 0.6 is 0 Å². The van der Waals surface area contributed by atoms with Crippen LogP contribution in [0.25, 0.3) is 0 Å². The van der Waals surface area contributed by atoms with E-state index >= 15 is 0 Å². The van der Waals surface area contributed by atoms with E-state index in [1.54, 1.807) is 27.1 Å². The van der Waals surface area contributed by atoms with Crippen molar-refractivity contribution in [1.29, 1.82) is 0 Å². The van der Waals surface area contributed by atoms with Crippen LogP contribution in [-0.2, 0) is 6.54 Å². The van der Waals surface area contributed by atoms with Gasteiger partial charge >= 0.3 is 0 Å². The Hall–Kier alpha value is -2.89. The average Bonchev–Trinajstić information content (AvgIpc) is 2.54. The fourth-order valence-electron chi connectivity index (χ4n) is 2.42. The Kier molecular flexibility index (Phi) is 4.95. The molecule has 1 amide bonds. The summed E-state index contributed by atoms with van der Waals surface area (Å²) in [5, 5.41) is 11.0. The zero-order valence-electron chi connectivity index (χ0n) is 13.3. The highest BCUT2D eigenvalue weighted by Crippen LogP contribution is 2.24. The molecule has 6 heteroatoms. The van der Waals surface area contributed by atoms with Crippen LogP contribution in [0.3, 0.4) is 0 Å². The van der Waals surface area contributed by atoms with Crippen LogP contribution in [-0.4, -0.2) is 29.9 Å². The SMILES string of the molecule is COc1ccccc1CN(C)C(=O)c1cccc([N+](=O)[O-])c1C. The van der Waals surface area contributed by atoms with Gasteiger partial charge in [0.2, 0.25) is 0 Å². The Morgan fingerprint density at radius 3 is 2.57 bits per heavy atom. The van der Waals surface area contributed by atoms with Gasteiger partial charge < -0.3 is 9.64 Å². The third-order valence-electron chi connectivity index (χ3n) is 3.68. The summed E-state index contributed by atoms with van der Waals surface area (Å²) in [5.41, 5.74) is 1.52. The van der Waals surface area contributed by atoms with Gasteiger partial charge in [0.15, 0.2) is 0 Å². The Bertz CT molecular complexity index is 743. The molecule has 0 saturated carbocycles. The van der Waals surface area contributed by atoms with Gasteiger partial charge in [0.25, 0.3) is 11.6 Å². The van der Waals surface area contributed by atoms with Gasteiger partial charge in [-0.3, -0.25) is 14.9 Å². The molecule has 120 valence electrons. The minimum Gasteiger partial charge on any atom is -0.496 e. The minimum absolute atomic E-state index is 0.0541. The molecule has 0 N–H and O–H groups in total. The van der Waals surface area contributed by atoms with Crippen LogP contribution in [0.15, 0.2) is 42.5 Å². The molecule has 2 aromatic rings. The summed E-state index contributed by atoms with van der Waals surface area (Å²) in [6.07, 6.45) is 0. The third-order valence-corrected chi connectivity index (χ3v) is 3.68. The number of para-hydroxylation sites is 1. The van der Waals surface area contributed by atoms with Crippen molar-refractivity contribution in [2.75, 3.05) is 14.2 Å². The van der Waals surface area contributed by atoms with Crippen LogP contribution in [0.1, 0.15) is 21.5 Å². The second-order valence-electron chi connectivity index (χ2n) is 5.18. The molecule has 0 atom stereocenters. The molecule has 0 aliphatic rings. The number of rotatable bonds is 5. The van der Waals surface area contributed by atoms with E-state index in [0.717, 1.165) is 5.56 Å². The quantitative estimate of drug-likeness (QED) is 0.627. The topological polar surface area (TPSA) is 72.7 Å². The molecule has 0 spiro atoms. The molecule has 0 radical (unpaired) electrons. The lowest BCUT2D eigenvalue weighted by Crippen LogP contribution is -2.27. The molecule has 0 fully saturated rings. The molecule has 2 rings (SSSR count). The van der Waals surface area contributed by atoms with Crippen LogP contribution in [0.5, 0.6) is 5.75 Å². The monoisotopic (exact) mass is 314 g/mol. The molecule has 0 heterocycles. The van der Waals surface area contributed by atoms with Gasteiger partial charge in [0.1, 0.15) is 5.75 Å². The Morgan fingerprint density at radius 2 is 1.91 bits per heavy atom. The summed E-state index contributed by atoms with van der Waals surface area (Å²) >= 11 is 0. The number of hydrogen-bond donors (Lipinski definition) is 0.